The zero-order valence-electron chi connectivity index (χ0n) is 32.7. The predicted octanol–water partition coefficient (Wildman–Crippen LogP) is 4.67. The number of benzene rings is 2. The molecule has 1 saturated heterocycles. The first-order valence-electron chi connectivity index (χ1n) is 18.7. The van der Waals surface area contributed by atoms with E-state index in [4.69, 9.17) is 9.57 Å². The van der Waals surface area contributed by atoms with Crippen LogP contribution in [0.1, 0.15) is 73.3 Å². The predicted molar refractivity (Wildman–Crippen MR) is 203 cm³/mol. The van der Waals surface area contributed by atoms with E-state index in [1.807, 2.05) is 43.3 Å². The van der Waals surface area contributed by atoms with Crippen molar-refractivity contribution >= 4 is 15.9 Å². The van der Waals surface area contributed by atoms with Crippen LogP contribution in [0.15, 0.2) is 47.4 Å². The average molecular weight is 743 g/mol. The summed E-state index contributed by atoms with van der Waals surface area (Å²) in [7, 11) is 1.56. The largest absolute Gasteiger partial charge is 0.496 e. The number of amides is 1. The number of aliphatic hydroxyl groups excluding tert-OH is 2. The van der Waals surface area contributed by atoms with E-state index in [-0.39, 0.29) is 46.9 Å². The van der Waals surface area contributed by atoms with Gasteiger partial charge in [-0.3, -0.25) is 9.63 Å². The van der Waals surface area contributed by atoms with Crippen molar-refractivity contribution in [3.8, 4) is 16.9 Å². The Kier molecular flexibility index (Phi) is 12.2. The van der Waals surface area contributed by atoms with Crippen LogP contribution in [0.25, 0.3) is 11.1 Å². The van der Waals surface area contributed by atoms with Crippen molar-refractivity contribution in [2.75, 3.05) is 34.4 Å². The van der Waals surface area contributed by atoms with Crippen LogP contribution in [0.4, 0.5) is 0 Å². The number of carbonyl (C=O) groups excluding carboxylic acids is 1. The van der Waals surface area contributed by atoms with Crippen LogP contribution in [-0.4, -0.2) is 99.2 Å². The van der Waals surface area contributed by atoms with E-state index in [0.29, 0.717) is 53.2 Å². The fourth-order valence-corrected chi connectivity index (χ4v) is 10.5. The zero-order valence-corrected chi connectivity index (χ0v) is 33.5. The summed E-state index contributed by atoms with van der Waals surface area (Å²) in [5, 5.41) is 26.1. The molecule has 4 fully saturated rings. The summed E-state index contributed by atoms with van der Waals surface area (Å²) >= 11 is 0. The molecule has 11 nitrogen and oxygen atoms in total. The minimum Gasteiger partial charge on any atom is -0.496 e. The van der Waals surface area contributed by atoms with Gasteiger partial charge in [0.2, 0.25) is 15.9 Å². The molecule has 9 atom stereocenters. The molecule has 12 heteroatoms. The van der Waals surface area contributed by atoms with Gasteiger partial charge in [-0.1, -0.05) is 71.9 Å². The fraction of sp³-hybridized carbons (Fsp3) is 0.675. The van der Waals surface area contributed by atoms with Crippen molar-refractivity contribution in [2.45, 2.75) is 110 Å². The number of ether oxygens (including phenoxy) is 1. The van der Waals surface area contributed by atoms with Gasteiger partial charge in [-0.2, -0.15) is 5.06 Å². The van der Waals surface area contributed by atoms with Gasteiger partial charge in [-0.15, -0.1) is 0 Å². The molecule has 290 valence electrons. The normalized spacial score (nSPS) is 28.7. The lowest BCUT2D eigenvalue weighted by Gasteiger charge is -2.62. The molecule has 4 N–H and O–H groups in total. The second kappa shape index (κ2) is 15.6. The molecule has 1 amide bonds. The van der Waals surface area contributed by atoms with Crippen LogP contribution < -0.4 is 14.8 Å². The van der Waals surface area contributed by atoms with Crippen LogP contribution in [0.2, 0.25) is 0 Å². The number of rotatable bonds is 14. The number of fused-ring (bicyclic) bond motifs is 2. The zero-order chi connectivity index (χ0) is 38.3. The fourth-order valence-electron chi connectivity index (χ4n) is 9.27. The number of nitrogens with zero attached hydrogens (tertiary/aromatic N) is 2. The molecule has 0 unspecified atom stereocenters. The molecule has 0 aromatic heterocycles. The highest BCUT2D eigenvalue weighted by molar-refractivity contribution is 7.89. The first kappa shape index (κ1) is 40.6. The minimum atomic E-state index is -3.86. The van der Waals surface area contributed by atoms with E-state index in [9.17, 15) is 23.4 Å². The van der Waals surface area contributed by atoms with E-state index in [1.54, 1.807) is 37.3 Å². The Morgan fingerprint density at radius 3 is 2.42 bits per heavy atom. The molecule has 52 heavy (non-hydrogen) atoms. The number of hydrogen-bond donors (Lipinski definition) is 4. The topological polar surface area (TPSA) is 141 Å². The number of hydrogen-bond acceptors (Lipinski definition) is 9. The number of likely N-dealkylation sites (N-methyl/N-ethyl adjacent to an activating group) is 1. The van der Waals surface area contributed by atoms with Gasteiger partial charge in [-0.05, 0) is 86.6 Å². The number of aliphatic hydroxyl groups is 2. The number of sulfonamides is 1. The number of methoxy groups -OCH3 is 1. The maximum atomic E-state index is 14.2. The van der Waals surface area contributed by atoms with Crippen molar-refractivity contribution in [1.82, 2.24) is 20.0 Å². The number of para-hydroxylation sites is 1. The van der Waals surface area contributed by atoms with Gasteiger partial charge in [0.05, 0.1) is 31.3 Å². The molecule has 0 spiro atoms. The van der Waals surface area contributed by atoms with E-state index < -0.39 is 34.2 Å². The van der Waals surface area contributed by atoms with Gasteiger partial charge in [0.25, 0.3) is 0 Å². The second-order valence-corrected chi connectivity index (χ2v) is 19.3. The number of carbonyl (C=O) groups is 1. The number of hydroxylamine groups is 2. The maximum absolute atomic E-state index is 14.2. The standard InChI is InChI=1S/C40H62N4O7S/c1-24-32-18-28(40(32,6)7)19-33(24)41-38(47)36-35(25(2)46)34(23-45)51-44(36)21-27-14-12-16-31(37(27)50-10)26-13-11-15-30(17-26)52(48,49)42-29(22-43(8)9)20-39(3,4)5/h11-17,24-25,28-29,32-36,42,45-46H,18-23H2,1-10H3,(H,41,47)/t24-,25-,28+,29-,32-,33-,34-,35+,36-/m0/s1. The van der Waals surface area contributed by atoms with E-state index in [2.05, 4.69) is 51.6 Å². The van der Waals surface area contributed by atoms with Gasteiger partial charge in [0.1, 0.15) is 17.9 Å². The molecule has 3 saturated carbocycles. The summed E-state index contributed by atoms with van der Waals surface area (Å²) in [5.74, 6) is 1.05. The number of nitrogens with one attached hydrogen (secondary N) is 2. The summed E-state index contributed by atoms with van der Waals surface area (Å²) in [5.41, 5.74) is 2.24. The summed E-state index contributed by atoms with van der Waals surface area (Å²) in [4.78, 5) is 22.5. The first-order chi connectivity index (χ1) is 24.3. The molecule has 2 aromatic rings. The van der Waals surface area contributed by atoms with Crippen LogP contribution in [0.5, 0.6) is 5.75 Å². The molecular formula is C40H62N4O7S. The quantitative estimate of drug-likeness (QED) is 0.218. The molecular weight excluding hydrogens is 681 g/mol. The lowest BCUT2D eigenvalue weighted by Crippen LogP contribution is -2.62. The summed E-state index contributed by atoms with van der Waals surface area (Å²) in [6.45, 7) is 15.1. The Labute approximate surface area is 311 Å². The molecule has 1 aliphatic heterocycles. The third-order valence-electron chi connectivity index (χ3n) is 11.9. The highest BCUT2D eigenvalue weighted by atomic mass is 32.2. The lowest BCUT2D eigenvalue weighted by atomic mass is 9.45. The highest BCUT2D eigenvalue weighted by Gasteiger charge is 2.57. The summed E-state index contributed by atoms with van der Waals surface area (Å²) in [6.07, 6.45) is 1.09. The Hall–Kier alpha value is -2.58. The van der Waals surface area contributed by atoms with Gasteiger partial charge >= 0.3 is 0 Å². The Bertz CT molecular complexity index is 1670. The average Bonchev–Trinajstić information content (AvgIpc) is 3.42. The van der Waals surface area contributed by atoms with E-state index >= 15 is 0 Å². The molecule has 1 heterocycles. The van der Waals surface area contributed by atoms with Gasteiger partial charge in [0, 0.05) is 35.7 Å². The second-order valence-electron chi connectivity index (χ2n) is 17.6. The minimum absolute atomic E-state index is 0.0245. The Morgan fingerprint density at radius 1 is 1.15 bits per heavy atom. The smallest absolute Gasteiger partial charge is 0.240 e. The Balaban J connectivity index is 1.41. The summed E-state index contributed by atoms with van der Waals surface area (Å²) < 4.78 is 36.4. The van der Waals surface area contributed by atoms with E-state index in [1.165, 1.54) is 6.42 Å². The van der Waals surface area contributed by atoms with Crippen molar-refractivity contribution in [3.63, 3.8) is 0 Å². The van der Waals surface area contributed by atoms with E-state index in [0.717, 1.165) is 6.42 Å². The third kappa shape index (κ3) is 8.53. The molecule has 2 bridgehead atoms. The van der Waals surface area contributed by atoms with Crippen LogP contribution in [0.3, 0.4) is 0 Å². The first-order valence-corrected chi connectivity index (χ1v) is 20.2. The van der Waals surface area contributed by atoms with Crippen molar-refractivity contribution in [2.24, 2.45) is 34.5 Å². The van der Waals surface area contributed by atoms with Gasteiger partial charge in [-0.25, -0.2) is 13.1 Å². The van der Waals surface area contributed by atoms with Gasteiger partial charge < -0.3 is 25.2 Å². The van der Waals surface area contributed by atoms with Crippen LogP contribution in [-0.2, 0) is 26.2 Å². The van der Waals surface area contributed by atoms with Crippen molar-refractivity contribution < 1.29 is 33.0 Å². The lowest BCUT2D eigenvalue weighted by molar-refractivity contribution is -0.183. The highest BCUT2D eigenvalue weighted by Crippen LogP contribution is 2.61. The van der Waals surface area contributed by atoms with Crippen LogP contribution in [0, 0.1) is 34.5 Å². The van der Waals surface area contributed by atoms with Crippen molar-refractivity contribution in [3.05, 3.63) is 48.0 Å². The monoisotopic (exact) mass is 742 g/mol. The van der Waals surface area contributed by atoms with Gasteiger partial charge in [0.15, 0.2) is 0 Å². The SMILES string of the molecule is COc1c(CN2O[C@@H](CO)[C@@H]([C@H](C)O)[C@H]2C(=O)N[C@H]2C[C@H]3C[C@@H]([C@@H]2C)C3(C)C)cccc1-c1cccc(S(=O)(=O)N[C@H](CN(C)C)CC(C)(C)C)c1. The molecule has 2 aromatic carbocycles. The molecule has 4 aliphatic rings. The molecule has 0 radical (unpaired) electrons. The Morgan fingerprint density at radius 2 is 1.85 bits per heavy atom. The third-order valence-corrected chi connectivity index (χ3v) is 13.4. The molecule has 6 rings (SSSR count). The van der Waals surface area contributed by atoms with Crippen molar-refractivity contribution in [1.29, 1.82) is 0 Å². The maximum Gasteiger partial charge on any atom is 0.240 e. The summed E-state index contributed by atoms with van der Waals surface area (Å²) in [6, 6.07) is 11.3. The molecule has 3 aliphatic carbocycles. The van der Waals surface area contributed by atoms with Crippen LogP contribution >= 0.6 is 0 Å².